The number of carbonyl (C=O) groups is 1. The molecule has 0 heterocycles. The molecule has 0 aromatic heterocycles. The van der Waals surface area contributed by atoms with Crippen LogP contribution in [0, 0.1) is 0 Å². The van der Waals surface area contributed by atoms with Crippen LogP contribution in [0.3, 0.4) is 0 Å². The van der Waals surface area contributed by atoms with E-state index in [1.54, 1.807) is 0 Å². The van der Waals surface area contributed by atoms with Gasteiger partial charge in [0.1, 0.15) is 0 Å². The van der Waals surface area contributed by atoms with Crippen LogP contribution in [0.4, 0.5) is 0 Å². The van der Waals surface area contributed by atoms with Crippen LogP contribution >= 0.6 is 0 Å². The van der Waals surface area contributed by atoms with Gasteiger partial charge in [0.2, 0.25) is 0 Å². The molecule has 3 heteroatoms. The molecule has 0 rings (SSSR count). The molecule has 96 valence electrons. The van der Waals surface area contributed by atoms with Crippen LogP contribution in [-0.4, -0.2) is 17.1 Å². The Hall–Kier alpha value is -0.570. The second-order valence-electron chi connectivity index (χ2n) is 4.62. The maximum absolute atomic E-state index is 10.4. The molecule has 0 aliphatic heterocycles. The van der Waals surface area contributed by atoms with E-state index in [0.717, 1.165) is 12.8 Å². The number of aliphatic carboxylic acids is 1. The van der Waals surface area contributed by atoms with Crippen molar-refractivity contribution in [1.29, 1.82) is 0 Å². The van der Waals surface area contributed by atoms with Gasteiger partial charge in [0.15, 0.2) is 0 Å². The standard InChI is InChI=1S/C13H27NO2/c1-2-3-4-5-6-7-8-9-10-12(14)11-13(15)16/h12H,2-11,14H2,1H3,(H,15,16). The van der Waals surface area contributed by atoms with E-state index in [2.05, 4.69) is 6.92 Å². The highest BCUT2D eigenvalue weighted by Gasteiger charge is 2.06. The highest BCUT2D eigenvalue weighted by atomic mass is 16.4. The minimum Gasteiger partial charge on any atom is -0.481 e. The summed E-state index contributed by atoms with van der Waals surface area (Å²) in [5.41, 5.74) is 5.67. The number of unbranched alkanes of at least 4 members (excludes halogenated alkanes) is 7. The average Bonchev–Trinajstić information content (AvgIpc) is 2.21. The lowest BCUT2D eigenvalue weighted by atomic mass is 10.0. The third kappa shape index (κ3) is 11.5. The first kappa shape index (κ1) is 15.4. The van der Waals surface area contributed by atoms with Gasteiger partial charge in [-0.05, 0) is 6.42 Å². The molecule has 0 aliphatic rings. The zero-order chi connectivity index (χ0) is 12.2. The number of rotatable bonds is 11. The third-order valence-electron chi connectivity index (χ3n) is 2.87. The van der Waals surface area contributed by atoms with E-state index in [4.69, 9.17) is 10.8 Å². The van der Waals surface area contributed by atoms with E-state index in [-0.39, 0.29) is 12.5 Å². The number of hydrogen-bond donors (Lipinski definition) is 2. The Morgan fingerprint density at radius 1 is 1.06 bits per heavy atom. The molecule has 1 atom stereocenters. The first-order valence-corrected chi connectivity index (χ1v) is 6.64. The van der Waals surface area contributed by atoms with Gasteiger partial charge in [-0.1, -0.05) is 58.3 Å². The fourth-order valence-electron chi connectivity index (χ4n) is 1.87. The lowest BCUT2D eigenvalue weighted by Gasteiger charge is -2.08. The maximum Gasteiger partial charge on any atom is 0.304 e. The minimum atomic E-state index is -0.785. The molecule has 3 N–H and O–H groups in total. The molecular weight excluding hydrogens is 202 g/mol. The highest BCUT2D eigenvalue weighted by molar-refractivity contribution is 5.67. The van der Waals surface area contributed by atoms with Crippen molar-refractivity contribution in [3.8, 4) is 0 Å². The molecule has 0 saturated carbocycles. The maximum atomic E-state index is 10.4. The third-order valence-corrected chi connectivity index (χ3v) is 2.87. The largest absolute Gasteiger partial charge is 0.481 e. The summed E-state index contributed by atoms with van der Waals surface area (Å²) in [6.45, 7) is 2.23. The fraction of sp³-hybridized carbons (Fsp3) is 0.923. The van der Waals surface area contributed by atoms with Gasteiger partial charge in [0, 0.05) is 6.04 Å². The summed E-state index contributed by atoms with van der Waals surface area (Å²) in [6.07, 6.45) is 11.1. The smallest absolute Gasteiger partial charge is 0.304 e. The van der Waals surface area contributed by atoms with Crippen molar-refractivity contribution in [2.45, 2.75) is 77.2 Å². The van der Waals surface area contributed by atoms with E-state index in [1.165, 1.54) is 44.9 Å². The van der Waals surface area contributed by atoms with E-state index in [0.29, 0.717) is 0 Å². The summed E-state index contributed by atoms with van der Waals surface area (Å²) in [5.74, 6) is -0.785. The van der Waals surface area contributed by atoms with Gasteiger partial charge in [0.25, 0.3) is 0 Å². The van der Waals surface area contributed by atoms with Gasteiger partial charge in [-0.2, -0.15) is 0 Å². The molecule has 0 saturated heterocycles. The normalized spacial score (nSPS) is 12.6. The minimum absolute atomic E-state index is 0.108. The SMILES string of the molecule is CCCCCCCCCCC(N)CC(=O)O. The Bertz CT molecular complexity index is 171. The summed E-state index contributed by atoms with van der Waals surface area (Å²) in [6, 6.07) is -0.155. The van der Waals surface area contributed by atoms with Crippen molar-refractivity contribution < 1.29 is 9.90 Å². The van der Waals surface area contributed by atoms with Gasteiger partial charge in [0.05, 0.1) is 6.42 Å². The van der Waals surface area contributed by atoms with E-state index in [9.17, 15) is 4.79 Å². The Morgan fingerprint density at radius 2 is 1.56 bits per heavy atom. The van der Waals surface area contributed by atoms with Gasteiger partial charge >= 0.3 is 5.97 Å². The molecule has 0 radical (unpaired) electrons. The molecule has 0 amide bonds. The average molecular weight is 229 g/mol. The van der Waals surface area contributed by atoms with Gasteiger partial charge < -0.3 is 10.8 Å². The molecule has 0 aromatic rings. The Morgan fingerprint density at radius 3 is 2.06 bits per heavy atom. The lowest BCUT2D eigenvalue weighted by Crippen LogP contribution is -2.23. The predicted octanol–water partition coefficient (Wildman–Crippen LogP) is 3.32. The van der Waals surface area contributed by atoms with Crippen molar-refractivity contribution in [3.63, 3.8) is 0 Å². The van der Waals surface area contributed by atoms with Crippen LogP contribution in [0.15, 0.2) is 0 Å². The zero-order valence-corrected chi connectivity index (χ0v) is 10.6. The molecule has 1 unspecified atom stereocenters. The molecule has 16 heavy (non-hydrogen) atoms. The number of nitrogens with two attached hydrogens (primary N) is 1. The fourth-order valence-corrected chi connectivity index (χ4v) is 1.87. The Balaban J connectivity index is 3.11. The number of hydrogen-bond acceptors (Lipinski definition) is 2. The van der Waals surface area contributed by atoms with Gasteiger partial charge in [-0.25, -0.2) is 0 Å². The zero-order valence-electron chi connectivity index (χ0n) is 10.6. The summed E-state index contributed by atoms with van der Waals surface area (Å²) >= 11 is 0. The molecule has 0 bridgehead atoms. The van der Waals surface area contributed by atoms with Crippen molar-refractivity contribution >= 4 is 5.97 Å². The van der Waals surface area contributed by atoms with Crippen LogP contribution in [0.1, 0.15) is 71.1 Å². The Kier molecular flexibility index (Phi) is 10.5. The van der Waals surface area contributed by atoms with Crippen LogP contribution in [0.25, 0.3) is 0 Å². The number of carboxylic acid groups (broad SMARTS) is 1. The van der Waals surface area contributed by atoms with E-state index in [1.807, 2.05) is 0 Å². The van der Waals surface area contributed by atoms with Crippen molar-refractivity contribution in [1.82, 2.24) is 0 Å². The van der Waals surface area contributed by atoms with Crippen molar-refractivity contribution in [2.24, 2.45) is 5.73 Å². The first-order chi connectivity index (χ1) is 7.66. The summed E-state index contributed by atoms with van der Waals surface area (Å²) in [4.78, 5) is 10.4. The van der Waals surface area contributed by atoms with Crippen LogP contribution in [-0.2, 0) is 4.79 Å². The van der Waals surface area contributed by atoms with Crippen LogP contribution < -0.4 is 5.73 Å². The van der Waals surface area contributed by atoms with Gasteiger partial charge in [-0.15, -0.1) is 0 Å². The topological polar surface area (TPSA) is 63.3 Å². The van der Waals surface area contributed by atoms with Crippen LogP contribution in [0.2, 0.25) is 0 Å². The molecule has 0 spiro atoms. The molecule has 0 aliphatic carbocycles. The number of carboxylic acids is 1. The van der Waals surface area contributed by atoms with E-state index >= 15 is 0 Å². The molecule has 3 nitrogen and oxygen atoms in total. The monoisotopic (exact) mass is 229 g/mol. The second kappa shape index (κ2) is 10.9. The predicted molar refractivity (Wildman–Crippen MR) is 67.5 cm³/mol. The van der Waals surface area contributed by atoms with E-state index < -0.39 is 5.97 Å². The highest BCUT2D eigenvalue weighted by Crippen LogP contribution is 2.10. The van der Waals surface area contributed by atoms with Crippen molar-refractivity contribution in [3.05, 3.63) is 0 Å². The first-order valence-electron chi connectivity index (χ1n) is 6.64. The van der Waals surface area contributed by atoms with Crippen LogP contribution in [0.5, 0.6) is 0 Å². The molecule has 0 fully saturated rings. The quantitative estimate of drug-likeness (QED) is 0.534. The lowest BCUT2D eigenvalue weighted by molar-refractivity contribution is -0.137. The summed E-state index contributed by atoms with van der Waals surface area (Å²) in [7, 11) is 0. The molecular formula is C13H27NO2. The second-order valence-corrected chi connectivity index (χ2v) is 4.62. The van der Waals surface area contributed by atoms with Crippen molar-refractivity contribution in [2.75, 3.05) is 0 Å². The van der Waals surface area contributed by atoms with Gasteiger partial charge in [-0.3, -0.25) is 4.79 Å². The summed E-state index contributed by atoms with van der Waals surface area (Å²) in [5, 5.41) is 8.53. The summed E-state index contributed by atoms with van der Waals surface area (Å²) < 4.78 is 0. The molecule has 0 aromatic carbocycles. The Labute approximate surface area is 99.4 Å².